The lowest BCUT2D eigenvalue weighted by Crippen LogP contribution is -2.15. The van der Waals surface area contributed by atoms with Crippen LogP contribution in [-0.2, 0) is 12.8 Å². The lowest BCUT2D eigenvalue weighted by atomic mass is 9.95. The summed E-state index contributed by atoms with van der Waals surface area (Å²) >= 11 is 6.07. The summed E-state index contributed by atoms with van der Waals surface area (Å²) in [4.78, 5) is 0. The topological polar surface area (TPSA) is 29.5 Å². The van der Waals surface area contributed by atoms with Crippen molar-refractivity contribution in [3.63, 3.8) is 0 Å². The number of ether oxygens (including phenoxy) is 1. The normalized spacial score (nSPS) is 17.8. The Hall–Kier alpha value is -0.730. The van der Waals surface area contributed by atoms with Crippen LogP contribution in [0.5, 0.6) is 5.75 Å². The van der Waals surface area contributed by atoms with Crippen LogP contribution < -0.4 is 4.74 Å². The van der Waals surface area contributed by atoms with E-state index in [1.807, 2.05) is 26.0 Å². The van der Waals surface area contributed by atoms with Crippen molar-refractivity contribution >= 4 is 11.6 Å². The van der Waals surface area contributed by atoms with E-state index in [1.54, 1.807) is 0 Å². The van der Waals surface area contributed by atoms with Crippen molar-refractivity contribution in [3.8, 4) is 5.75 Å². The van der Waals surface area contributed by atoms with Crippen LogP contribution in [0.2, 0.25) is 5.02 Å². The van der Waals surface area contributed by atoms with Crippen LogP contribution in [0.3, 0.4) is 0 Å². The Morgan fingerprint density at radius 1 is 1.44 bits per heavy atom. The highest BCUT2D eigenvalue weighted by molar-refractivity contribution is 6.30. The molecule has 2 nitrogen and oxygen atoms in total. The van der Waals surface area contributed by atoms with Crippen LogP contribution >= 0.6 is 11.6 Å². The number of aliphatic hydroxyl groups excluding tert-OH is 1. The highest BCUT2D eigenvalue weighted by Crippen LogP contribution is 2.34. The van der Waals surface area contributed by atoms with Crippen LogP contribution in [0.15, 0.2) is 12.1 Å². The minimum absolute atomic E-state index is 0.215. The van der Waals surface area contributed by atoms with Crippen molar-refractivity contribution in [2.45, 2.75) is 32.8 Å². The number of aliphatic hydroxyl groups is 1. The zero-order valence-corrected chi connectivity index (χ0v) is 10.4. The molecule has 0 radical (unpaired) electrons. The van der Waals surface area contributed by atoms with Crippen molar-refractivity contribution in [2.24, 2.45) is 5.92 Å². The van der Waals surface area contributed by atoms with Crippen LogP contribution in [0.25, 0.3) is 0 Å². The minimum Gasteiger partial charge on any atom is -0.493 e. The van der Waals surface area contributed by atoms with Crippen molar-refractivity contribution in [1.82, 2.24) is 0 Å². The second kappa shape index (κ2) is 4.64. The third-order valence-electron chi connectivity index (χ3n) is 3.19. The summed E-state index contributed by atoms with van der Waals surface area (Å²) in [6, 6.07) is 3.92. The first-order chi connectivity index (χ1) is 7.58. The molecule has 16 heavy (non-hydrogen) atoms. The van der Waals surface area contributed by atoms with Crippen LogP contribution in [-0.4, -0.2) is 17.8 Å². The predicted octanol–water partition coefficient (Wildman–Crippen LogP) is 2.83. The molecule has 0 spiro atoms. The maximum absolute atomic E-state index is 9.53. The fourth-order valence-electron chi connectivity index (χ4n) is 2.02. The van der Waals surface area contributed by atoms with Crippen molar-refractivity contribution in [2.75, 3.05) is 6.61 Å². The van der Waals surface area contributed by atoms with Gasteiger partial charge in [0, 0.05) is 11.4 Å². The molecule has 0 aliphatic carbocycles. The van der Waals surface area contributed by atoms with E-state index >= 15 is 0 Å². The van der Waals surface area contributed by atoms with Gasteiger partial charge in [0.1, 0.15) is 5.75 Å². The molecule has 1 heterocycles. The molecule has 3 heteroatoms. The minimum atomic E-state index is -0.309. The molecule has 1 aliphatic heterocycles. The molecule has 88 valence electrons. The molecule has 0 amide bonds. The second-order valence-corrected chi connectivity index (χ2v) is 5.01. The lowest BCUT2D eigenvalue weighted by Gasteiger charge is -2.16. The highest BCUT2D eigenvalue weighted by atomic mass is 35.5. The Morgan fingerprint density at radius 2 is 2.19 bits per heavy atom. The molecule has 2 unspecified atom stereocenters. The third kappa shape index (κ3) is 2.33. The SMILES string of the molecule is CC(O)C(C)Cc1cc(Cl)cc2c1OCC2. The quantitative estimate of drug-likeness (QED) is 0.881. The van der Waals surface area contributed by atoms with Gasteiger partial charge in [0.05, 0.1) is 12.7 Å². The molecular weight excluding hydrogens is 224 g/mol. The van der Waals surface area contributed by atoms with Crippen LogP contribution in [0.1, 0.15) is 25.0 Å². The summed E-state index contributed by atoms with van der Waals surface area (Å²) in [6.07, 6.45) is 1.43. The van der Waals surface area contributed by atoms with Gasteiger partial charge in [-0.25, -0.2) is 0 Å². The van der Waals surface area contributed by atoms with E-state index in [0.717, 1.165) is 35.8 Å². The molecule has 0 saturated carbocycles. The Kier molecular flexibility index (Phi) is 3.41. The van der Waals surface area contributed by atoms with Crippen molar-refractivity contribution < 1.29 is 9.84 Å². The van der Waals surface area contributed by atoms with Crippen molar-refractivity contribution in [1.29, 1.82) is 0 Å². The van der Waals surface area contributed by atoms with Crippen molar-refractivity contribution in [3.05, 3.63) is 28.3 Å². The Bertz CT molecular complexity index is 388. The maximum atomic E-state index is 9.53. The summed E-state index contributed by atoms with van der Waals surface area (Å²) in [6.45, 7) is 4.59. The lowest BCUT2D eigenvalue weighted by molar-refractivity contribution is 0.134. The van der Waals surface area contributed by atoms with Gasteiger partial charge in [-0.1, -0.05) is 18.5 Å². The molecule has 1 aliphatic rings. The number of hydrogen-bond acceptors (Lipinski definition) is 2. The van der Waals surface area contributed by atoms with Gasteiger partial charge in [0.25, 0.3) is 0 Å². The average molecular weight is 241 g/mol. The fraction of sp³-hybridized carbons (Fsp3) is 0.538. The van der Waals surface area contributed by atoms with E-state index in [0.29, 0.717) is 0 Å². The molecule has 0 bridgehead atoms. The molecule has 1 aromatic rings. The largest absolute Gasteiger partial charge is 0.493 e. The molecule has 0 aromatic heterocycles. The first kappa shape index (κ1) is 11.7. The Balaban J connectivity index is 2.27. The molecule has 2 atom stereocenters. The smallest absolute Gasteiger partial charge is 0.125 e. The summed E-state index contributed by atoms with van der Waals surface area (Å²) in [5, 5.41) is 10.3. The molecule has 0 saturated heterocycles. The summed E-state index contributed by atoms with van der Waals surface area (Å²) in [5.41, 5.74) is 2.31. The second-order valence-electron chi connectivity index (χ2n) is 4.57. The van der Waals surface area contributed by atoms with Crippen LogP contribution in [0.4, 0.5) is 0 Å². The average Bonchev–Trinajstić information content (AvgIpc) is 2.65. The fourth-order valence-corrected chi connectivity index (χ4v) is 2.28. The van der Waals surface area contributed by atoms with Gasteiger partial charge in [0.2, 0.25) is 0 Å². The van der Waals surface area contributed by atoms with E-state index < -0.39 is 0 Å². The predicted molar refractivity (Wildman–Crippen MR) is 65.2 cm³/mol. The summed E-state index contributed by atoms with van der Waals surface area (Å²) in [7, 11) is 0. The molecule has 1 aromatic carbocycles. The third-order valence-corrected chi connectivity index (χ3v) is 3.41. The first-order valence-corrected chi connectivity index (χ1v) is 6.08. The zero-order chi connectivity index (χ0) is 11.7. The van der Waals surface area contributed by atoms with Gasteiger partial charge in [-0.05, 0) is 42.5 Å². The number of benzene rings is 1. The standard InChI is InChI=1S/C13H17ClO2/c1-8(9(2)15)5-11-7-12(14)6-10-3-4-16-13(10)11/h6-9,15H,3-5H2,1-2H3. The van der Waals surface area contributed by atoms with E-state index in [-0.39, 0.29) is 12.0 Å². The summed E-state index contributed by atoms with van der Waals surface area (Å²) < 4.78 is 5.62. The number of hydrogen-bond donors (Lipinski definition) is 1. The first-order valence-electron chi connectivity index (χ1n) is 5.70. The van der Waals surface area contributed by atoms with E-state index in [1.165, 1.54) is 5.56 Å². The van der Waals surface area contributed by atoms with Gasteiger partial charge in [0.15, 0.2) is 0 Å². The van der Waals surface area contributed by atoms with Crippen LogP contribution in [0, 0.1) is 5.92 Å². The van der Waals surface area contributed by atoms with Gasteiger partial charge in [-0.2, -0.15) is 0 Å². The van der Waals surface area contributed by atoms with Gasteiger partial charge in [-0.15, -0.1) is 0 Å². The highest BCUT2D eigenvalue weighted by Gasteiger charge is 2.20. The van der Waals surface area contributed by atoms with Gasteiger partial charge < -0.3 is 9.84 Å². The molecular formula is C13H17ClO2. The van der Waals surface area contributed by atoms with Gasteiger partial charge in [-0.3, -0.25) is 0 Å². The maximum Gasteiger partial charge on any atom is 0.125 e. The monoisotopic (exact) mass is 240 g/mol. The number of halogens is 1. The molecule has 1 N–H and O–H groups in total. The zero-order valence-electron chi connectivity index (χ0n) is 9.66. The van der Waals surface area contributed by atoms with E-state index in [4.69, 9.17) is 16.3 Å². The summed E-state index contributed by atoms with van der Waals surface area (Å²) in [5.74, 6) is 1.20. The van der Waals surface area contributed by atoms with E-state index in [2.05, 4.69) is 0 Å². The van der Waals surface area contributed by atoms with Gasteiger partial charge >= 0.3 is 0 Å². The molecule has 0 fully saturated rings. The number of fused-ring (bicyclic) bond motifs is 1. The Labute approximate surface area is 101 Å². The number of rotatable bonds is 3. The Morgan fingerprint density at radius 3 is 2.88 bits per heavy atom. The van der Waals surface area contributed by atoms with E-state index in [9.17, 15) is 5.11 Å². The molecule has 2 rings (SSSR count).